The molecule has 27 heavy (non-hydrogen) atoms. The van der Waals surface area contributed by atoms with Gasteiger partial charge in [-0.05, 0) is 23.1 Å². The minimum absolute atomic E-state index is 0.0796. The zero-order chi connectivity index (χ0) is 20.8. The molecule has 1 amide bonds. The van der Waals surface area contributed by atoms with Crippen LogP contribution in [0, 0.1) is 5.41 Å². The number of carbonyl (C=O) groups excluding carboxylic acids is 1. The number of nitrogens with one attached hydrogen (secondary N) is 1. The topological polar surface area (TPSA) is 67.8 Å². The highest BCUT2D eigenvalue weighted by molar-refractivity contribution is 5.77. The van der Waals surface area contributed by atoms with Crippen LogP contribution in [0.1, 0.15) is 38.8 Å². The van der Waals surface area contributed by atoms with E-state index >= 15 is 0 Å². The Kier molecular flexibility index (Phi) is 7.97. The highest BCUT2D eigenvalue weighted by atomic mass is 19.4. The number of rotatable bonds is 8. The number of aliphatic hydroxyl groups excluding tert-OH is 1. The third-order valence-corrected chi connectivity index (χ3v) is 3.60. The Bertz CT molecular complexity index is 616. The first kappa shape index (κ1) is 23.1. The Morgan fingerprint density at radius 3 is 2.37 bits per heavy atom. The zero-order valence-corrected chi connectivity index (χ0v) is 15.0. The monoisotopic (exact) mass is 399 g/mol. The van der Waals surface area contributed by atoms with Crippen LogP contribution in [0.5, 0.6) is 5.75 Å². The molecule has 0 aromatic heterocycles. The maximum absolute atomic E-state index is 12.4. The molecular formula is C17H22F5NO4. The summed E-state index contributed by atoms with van der Waals surface area (Å²) in [6.07, 6.45) is -6.24. The molecule has 10 heteroatoms. The van der Waals surface area contributed by atoms with Crippen molar-refractivity contribution in [1.82, 2.24) is 5.32 Å². The highest BCUT2D eigenvalue weighted by Gasteiger charge is 2.31. The summed E-state index contributed by atoms with van der Waals surface area (Å²) in [5.74, 6) is -1.23. The lowest BCUT2D eigenvalue weighted by atomic mass is 9.87. The fourth-order valence-corrected chi connectivity index (χ4v) is 2.05. The fourth-order valence-electron chi connectivity index (χ4n) is 2.05. The summed E-state index contributed by atoms with van der Waals surface area (Å²) in [4.78, 5) is 12.1. The maximum atomic E-state index is 12.4. The number of alkyl halides is 5. The van der Waals surface area contributed by atoms with E-state index in [1.807, 2.05) is 0 Å². The summed E-state index contributed by atoms with van der Waals surface area (Å²) >= 11 is 0. The van der Waals surface area contributed by atoms with E-state index in [1.165, 1.54) is 12.1 Å². The lowest BCUT2D eigenvalue weighted by Gasteiger charge is -2.26. The van der Waals surface area contributed by atoms with Gasteiger partial charge in [0.2, 0.25) is 5.91 Å². The molecule has 2 atom stereocenters. The van der Waals surface area contributed by atoms with Crippen LogP contribution in [0.15, 0.2) is 24.3 Å². The highest BCUT2D eigenvalue weighted by Crippen LogP contribution is 2.27. The van der Waals surface area contributed by atoms with Crippen LogP contribution in [0.2, 0.25) is 0 Å². The van der Waals surface area contributed by atoms with E-state index in [-0.39, 0.29) is 12.0 Å². The average Bonchev–Trinajstić information content (AvgIpc) is 2.48. The van der Waals surface area contributed by atoms with Gasteiger partial charge in [0.05, 0.1) is 25.2 Å². The molecule has 0 aliphatic rings. The molecule has 5 nitrogen and oxygen atoms in total. The van der Waals surface area contributed by atoms with Crippen molar-refractivity contribution in [3.8, 4) is 5.75 Å². The second-order valence-corrected chi connectivity index (χ2v) is 6.92. The second-order valence-electron chi connectivity index (χ2n) is 6.92. The Balaban J connectivity index is 2.94. The largest absolute Gasteiger partial charge is 0.573 e. The molecule has 0 fully saturated rings. The van der Waals surface area contributed by atoms with Gasteiger partial charge in [0.25, 0.3) is 0 Å². The molecule has 1 rings (SSSR count). The van der Waals surface area contributed by atoms with Crippen LogP contribution in [0.25, 0.3) is 0 Å². The first-order chi connectivity index (χ1) is 12.3. The number of ether oxygens (including phenoxy) is 2. The van der Waals surface area contributed by atoms with Crippen LogP contribution in [0.3, 0.4) is 0 Å². The molecule has 0 aliphatic heterocycles. The third kappa shape index (κ3) is 9.00. The summed E-state index contributed by atoms with van der Waals surface area (Å²) in [6.45, 7) is 1.32. The summed E-state index contributed by atoms with van der Waals surface area (Å²) < 4.78 is 69.8. The maximum Gasteiger partial charge on any atom is 0.573 e. The van der Waals surface area contributed by atoms with Gasteiger partial charge in [-0.2, -0.15) is 8.78 Å². The zero-order valence-electron chi connectivity index (χ0n) is 15.0. The van der Waals surface area contributed by atoms with Gasteiger partial charge < -0.3 is 19.9 Å². The molecule has 1 aromatic carbocycles. The van der Waals surface area contributed by atoms with Gasteiger partial charge in [-0.1, -0.05) is 32.9 Å². The van der Waals surface area contributed by atoms with Crippen molar-refractivity contribution in [3.63, 3.8) is 0 Å². The average molecular weight is 399 g/mol. The van der Waals surface area contributed by atoms with E-state index in [9.17, 15) is 31.9 Å². The predicted molar refractivity (Wildman–Crippen MR) is 86.0 cm³/mol. The fraction of sp³-hybridized carbons (Fsp3) is 0.588. The van der Waals surface area contributed by atoms with E-state index in [0.29, 0.717) is 0 Å². The molecule has 1 aromatic rings. The van der Waals surface area contributed by atoms with Crippen molar-refractivity contribution >= 4 is 5.91 Å². The van der Waals surface area contributed by atoms with Crippen molar-refractivity contribution < 1.29 is 41.3 Å². The third-order valence-electron chi connectivity index (χ3n) is 3.60. The normalized spacial score (nSPS) is 14.7. The molecule has 1 unspecified atom stereocenters. The summed E-state index contributed by atoms with van der Waals surface area (Å²) in [6, 6.07) is 3.40. The van der Waals surface area contributed by atoms with Gasteiger partial charge in [0.15, 0.2) is 0 Å². The molecule has 0 radical (unpaired) electrons. The van der Waals surface area contributed by atoms with E-state index < -0.39 is 48.8 Å². The molecule has 0 saturated carbocycles. The SMILES string of the molecule is CC(C)(C)C(O)CC(=O)N[C@@H](COC(F)F)c1cccc(OC(F)(F)F)c1. The van der Waals surface area contributed by atoms with Crippen LogP contribution < -0.4 is 10.1 Å². The Labute approximate surface area is 153 Å². The van der Waals surface area contributed by atoms with Gasteiger partial charge in [-0.25, -0.2) is 0 Å². The number of benzene rings is 1. The van der Waals surface area contributed by atoms with Gasteiger partial charge >= 0.3 is 13.0 Å². The minimum atomic E-state index is -4.92. The number of halogens is 5. The van der Waals surface area contributed by atoms with Crippen LogP contribution >= 0.6 is 0 Å². The van der Waals surface area contributed by atoms with Crippen molar-refractivity contribution in [2.45, 2.75) is 52.3 Å². The Morgan fingerprint density at radius 1 is 1.22 bits per heavy atom. The van der Waals surface area contributed by atoms with Gasteiger partial charge in [0, 0.05) is 0 Å². The Hall–Kier alpha value is -1.94. The number of carbonyl (C=O) groups is 1. The van der Waals surface area contributed by atoms with E-state index in [1.54, 1.807) is 20.8 Å². The molecule has 2 N–H and O–H groups in total. The van der Waals surface area contributed by atoms with E-state index in [4.69, 9.17) is 0 Å². The molecule has 0 heterocycles. The lowest BCUT2D eigenvalue weighted by Crippen LogP contribution is -2.37. The quantitative estimate of drug-likeness (QED) is 0.653. The van der Waals surface area contributed by atoms with Gasteiger partial charge in [-0.3, -0.25) is 4.79 Å². The summed E-state index contributed by atoms with van der Waals surface area (Å²) in [5.41, 5.74) is -0.511. The molecule has 0 bridgehead atoms. The number of hydrogen-bond acceptors (Lipinski definition) is 4. The van der Waals surface area contributed by atoms with Crippen LogP contribution in [-0.4, -0.2) is 36.7 Å². The molecule has 0 saturated heterocycles. The second kappa shape index (κ2) is 9.32. The molecule has 154 valence electrons. The summed E-state index contributed by atoms with van der Waals surface area (Å²) in [7, 11) is 0. The Morgan fingerprint density at radius 2 is 1.85 bits per heavy atom. The molecule has 0 spiro atoms. The number of amides is 1. The van der Waals surface area contributed by atoms with Crippen molar-refractivity contribution in [3.05, 3.63) is 29.8 Å². The molecule has 0 aliphatic carbocycles. The summed E-state index contributed by atoms with van der Waals surface area (Å²) in [5, 5.41) is 12.4. The van der Waals surface area contributed by atoms with E-state index in [0.717, 1.165) is 12.1 Å². The van der Waals surface area contributed by atoms with Crippen LogP contribution in [0.4, 0.5) is 22.0 Å². The first-order valence-electron chi connectivity index (χ1n) is 8.01. The minimum Gasteiger partial charge on any atom is -0.406 e. The van der Waals surface area contributed by atoms with Gasteiger partial charge in [-0.15, -0.1) is 13.2 Å². The first-order valence-corrected chi connectivity index (χ1v) is 8.01. The van der Waals surface area contributed by atoms with E-state index in [2.05, 4.69) is 14.8 Å². The molecular weight excluding hydrogens is 377 g/mol. The van der Waals surface area contributed by atoms with Crippen molar-refractivity contribution in [2.24, 2.45) is 5.41 Å². The smallest absolute Gasteiger partial charge is 0.406 e. The standard InChI is InChI=1S/C17H22F5NO4/c1-16(2,3)13(24)8-14(25)23-12(9-26-15(18)19)10-5-4-6-11(7-10)27-17(20,21)22/h4-7,12-13,15,24H,8-9H2,1-3H3,(H,23,25)/t12-,13?/m0/s1. The van der Waals surface area contributed by atoms with Gasteiger partial charge in [0.1, 0.15) is 5.75 Å². The predicted octanol–water partition coefficient (Wildman–Crippen LogP) is 3.78. The number of hydrogen-bond donors (Lipinski definition) is 2. The lowest BCUT2D eigenvalue weighted by molar-refractivity contribution is -0.274. The van der Waals surface area contributed by atoms with Crippen molar-refractivity contribution in [2.75, 3.05) is 6.61 Å². The van der Waals surface area contributed by atoms with Crippen molar-refractivity contribution in [1.29, 1.82) is 0 Å². The number of aliphatic hydroxyl groups is 1. The van der Waals surface area contributed by atoms with Crippen LogP contribution in [-0.2, 0) is 9.53 Å².